The molecule has 3 nitrogen and oxygen atoms in total. The van der Waals surface area contributed by atoms with Crippen molar-refractivity contribution in [3.8, 4) is 0 Å². The number of nitrogens with zero attached hydrogens (tertiary/aromatic N) is 2. The van der Waals surface area contributed by atoms with E-state index in [0.29, 0.717) is 0 Å². The number of hydrogen-bond donors (Lipinski definition) is 1. The molecule has 3 heteroatoms. The molecule has 13 heavy (non-hydrogen) atoms. The SMILES string of the molecule is C=C/C=C\C(=C)c1cn[nH]n1.CC. The fourth-order valence-corrected chi connectivity index (χ4v) is 0.626. The average molecular weight is 177 g/mol. The average Bonchev–Trinajstić information content (AvgIpc) is 2.70. The molecule has 0 aliphatic heterocycles. The normalized spacial score (nSPS) is 9.08. The Morgan fingerprint density at radius 3 is 2.69 bits per heavy atom. The van der Waals surface area contributed by atoms with Gasteiger partial charge in [0, 0.05) is 0 Å². The Hall–Kier alpha value is -1.64. The maximum Gasteiger partial charge on any atom is 0.112 e. The first-order chi connectivity index (χ1) is 6.34. The molecule has 0 spiro atoms. The number of rotatable bonds is 3. The topological polar surface area (TPSA) is 41.6 Å². The van der Waals surface area contributed by atoms with E-state index in [0.717, 1.165) is 11.3 Å². The Balaban J connectivity index is 0.000000671. The predicted molar refractivity (Wildman–Crippen MR) is 56.1 cm³/mol. The summed E-state index contributed by atoms with van der Waals surface area (Å²) in [7, 11) is 0. The second-order valence-corrected chi connectivity index (χ2v) is 1.98. The zero-order chi connectivity index (χ0) is 10.1. The van der Waals surface area contributed by atoms with Gasteiger partial charge in [-0.1, -0.05) is 45.2 Å². The molecule has 0 saturated carbocycles. The highest BCUT2D eigenvalue weighted by Crippen LogP contribution is 2.07. The van der Waals surface area contributed by atoms with E-state index in [9.17, 15) is 0 Å². The molecule has 0 aliphatic rings. The quantitative estimate of drug-likeness (QED) is 0.721. The van der Waals surface area contributed by atoms with Crippen LogP contribution in [0.3, 0.4) is 0 Å². The molecule has 0 unspecified atom stereocenters. The third-order valence-electron chi connectivity index (χ3n) is 1.18. The summed E-state index contributed by atoms with van der Waals surface area (Å²) in [6.07, 6.45) is 6.93. The highest BCUT2D eigenvalue weighted by molar-refractivity contribution is 5.68. The van der Waals surface area contributed by atoms with Crippen LogP contribution in [0.25, 0.3) is 5.57 Å². The maximum absolute atomic E-state index is 3.85. The molecule has 1 aromatic heterocycles. The minimum Gasteiger partial charge on any atom is -0.197 e. The van der Waals surface area contributed by atoms with Crippen LogP contribution >= 0.6 is 0 Å². The van der Waals surface area contributed by atoms with Gasteiger partial charge < -0.3 is 0 Å². The van der Waals surface area contributed by atoms with E-state index in [2.05, 4.69) is 28.6 Å². The predicted octanol–water partition coefficient (Wildman–Crippen LogP) is 2.59. The first-order valence-electron chi connectivity index (χ1n) is 4.18. The lowest BCUT2D eigenvalue weighted by atomic mass is 10.2. The summed E-state index contributed by atoms with van der Waals surface area (Å²) in [5.41, 5.74) is 1.57. The molecule has 0 amide bonds. The number of nitrogens with one attached hydrogen (secondary N) is 1. The second-order valence-electron chi connectivity index (χ2n) is 1.98. The molecule has 70 valence electrons. The summed E-state index contributed by atoms with van der Waals surface area (Å²) in [6, 6.07) is 0. The van der Waals surface area contributed by atoms with Gasteiger partial charge in [0.05, 0.1) is 6.20 Å². The van der Waals surface area contributed by atoms with E-state index in [-0.39, 0.29) is 0 Å². The van der Waals surface area contributed by atoms with Crippen molar-refractivity contribution < 1.29 is 0 Å². The van der Waals surface area contributed by atoms with E-state index in [1.54, 1.807) is 18.3 Å². The van der Waals surface area contributed by atoms with Gasteiger partial charge in [-0.05, 0) is 5.57 Å². The van der Waals surface area contributed by atoms with E-state index in [1.807, 2.05) is 19.9 Å². The van der Waals surface area contributed by atoms with Gasteiger partial charge in [0.2, 0.25) is 0 Å². The zero-order valence-corrected chi connectivity index (χ0v) is 8.12. The highest BCUT2D eigenvalue weighted by Gasteiger charge is 1.95. The molecule has 1 aromatic rings. The van der Waals surface area contributed by atoms with Crippen molar-refractivity contribution in [1.29, 1.82) is 0 Å². The third kappa shape index (κ3) is 4.06. The number of aromatic nitrogens is 3. The molecule has 0 radical (unpaired) electrons. The molecule has 0 atom stereocenters. The minimum absolute atomic E-state index is 0.753. The van der Waals surface area contributed by atoms with Gasteiger partial charge in [-0.15, -0.1) is 0 Å². The first-order valence-corrected chi connectivity index (χ1v) is 4.18. The van der Waals surface area contributed by atoms with Gasteiger partial charge in [0.1, 0.15) is 5.69 Å². The van der Waals surface area contributed by atoms with Crippen molar-refractivity contribution in [2.75, 3.05) is 0 Å². The highest BCUT2D eigenvalue weighted by atomic mass is 15.3. The summed E-state index contributed by atoms with van der Waals surface area (Å²) in [6.45, 7) is 11.3. The summed E-state index contributed by atoms with van der Waals surface area (Å²) < 4.78 is 0. The van der Waals surface area contributed by atoms with Crippen molar-refractivity contribution >= 4 is 5.57 Å². The molecular formula is C10H15N3. The Morgan fingerprint density at radius 2 is 2.23 bits per heavy atom. The Labute approximate surface area is 78.9 Å². The van der Waals surface area contributed by atoms with E-state index in [4.69, 9.17) is 0 Å². The second kappa shape index (κ2) is 7.03. The van der Waals surface area contributed by atoms with Crippen LogP contribution in [0.15, 0.2) is 37.6 Å². The van der Waals surface area contributed by atoms with Crippen LogP contribution in [0, 0.1) is 0 Å². The van der Waals surface area contributed by atoms with Gasteiger partial charge in [-0.25, -0.2) is 0 Å². The zero-order valence-electron chi connectivity index (χ0n) is 8.12. The number of H-pyrrole nitrogens is 1. The summed E-state index contributed by atoms with van der Waals surface area (Å²) in [5.74, 6) is 0. The third-order valence-corrected chi connectivity index (χ3v) is 1.18. The lowest BCUT2D eigenvalue weighted by Crippen LogP contribution is -1.77. The van der Waals surface area contributed by atoms with Crippen molar-refractivity contribution in [1.82, 2.24) is 15.4 Å². The van der Waals surface area contributed by atoms with Gasteiger partial charge in [0.15, 0.2) is 0 Å². The Kier molecular flexibility index (Phi) is 6.15. The monoisotopic (exact) mass is 177 g/mol. The number of hydrogen-bond acceptors (Lipinski definition) is 2. The van der Waals surface area contributed by atoms with Crippen LogP contribution in [0.1, 0.15) is 19.5 Å². The van der Waals surface area contributed by atoms with Crippen LogP contribution in [-0.2, 0) is 0 Å². The Bertz CT molecular complexity index is 270. The summed E-state index contributed by atoms with van der Waals surface area (Å²) in [4.78, 5) is 0. The lowest BCUT2D eigenvalue weighted by Gasteiger charge is -1.88. The molecule has 0 aliphatic carbocycles. The molecule has 0 saturated heterocycles. The van der Waals surface area contributed by atoms with Crippen LogP contribution in [-0.4, -0.2) is 15.4 Å². The Morgan fingerprint density at radius 1 is 1.54 bits per heavy atom. The minimum atomic E-state index is 0.753. The van der Waals surface area contributed by atoms with E-state index >= 15 is 0 Å². The molecule has 0 fully saturated rings. The molecular weight excluding hydrogens is 162 g/mol. The molecule has 1 rings (SSSR count). The largest absolute Gasteiger partial charge is 0.197 e. The summed E-state index contributed by atoms with van der Waals surface area (Å²) >= 11 is 0. The maximum atomic E-state index is 3.85. The van der Waals surface area contributed by atoms with Crippen LogP contribution in [0.2, 0.25) is 0 Å². The van der Waals surface area contributed by atoms with Gasteiger partial charge in [-0.2, -0.15) is 15.4 Å². The fourth-order valence-electron chi connectivity index (χ4n) is 0.626. The van der Waals surface area contributed by atoms with Crippen molar-refractivity contribution in [2.45, 2.75) is 13.8 Å². The number of allylic oxidation sites excluding steroid dienone is 4. The molecule has 0 aromatic carbocycles. The lowest BCUT2D eigenvalue weighted by molar-refractivity contribution is 0.936. The molecule has 1 heterocycles. The van der Waals surface area contributed by atoms with Gasteiger partial charge in [0.25, 0.3) is 0 Å². The molecule has 1 N–H and O–H groups in total. The standard InChI is InChI=1S/C8H9N3.C2H6/c1-3-4-5-7(2)8-6-9-11-10-8;1-2/h3-6H,1-2H2,(H,9,10,11);1-2H3/b5-4-;. The van der Waals surface area contributed by atoms with E-state index < -0.39 is 0 Å². The van der Waals surface area contributed by atoms with Crippen molar-refractivity contribution in [2.24, 2.45) is 0 Å². The summed E-state index contributed by atoms with van der Waals surface area (Å²) in [5, 5.41) is 10.0. The van der Waals surface area contributed by atoms with E-state index in [1.165, 1.54) is 0 Å². The molecule has 0 bridgehead atoms. The van der Waals surface area contributed by atoms with Crippen LogP contribution in [0.5, 0.6) is 0 Å². The van der Waals surface area contributed by atoms with Crippen molar-refractivity contribution in [3.63, 3.8) is 0 Å². The van der Waals surface area contributed by atoms with Gasteiger partial charge in [-0.3, -0.25) is 0 Å². The smallest absolute Gasteiger partial charge is 0.112 e. The fraction of sp³-hybridized carbons (Fsp3) is 0.200. The first kappa shape index (κ1) is 11.4. The number of aromatic amines is 1. The van der Waals surface area contributed by atoms with Gasteiger partial charge >= 0.3 is 0 Å². The van der Waals surface area contributed by atoms with Crippen LogP contribution in [0.4, 0.5) is 0 Å². The van der Waals surface area contributed by atoms with Crippen LogP contribution < -0.4 is 0 Å². The van der Waals surface area contributed by atoms with Crippen molar-refractivity contribution in [3.05, 3.63) is 43.3 Å².